The van der Waals surface area contributed by atoms with Crippen LogP contribution in [0, 0.1) is 0 Å². The summed E-state index contributed by atoms with van der Waals surface area (Å²) in [5.74, 6) is -2.27. The average Bonchev–Trinajstić information content (AvgIpc) is 2.15. The Kier molecular flexibility index (Phi) is 3.72. The highest BCUT2D eigenvalue weighted by atomic mass is 32.2. The topological polar surface area (TPSA) is 83.5 Å². The van der Waals surface area contributed by atoms with E-state index in [1.807, 2.05) is 5.32 Å². The van der Waals surface area contributed by atoms with Crippen molar-refractivity contribution >= 4 is 15.8 Å². The Bertz CT molecular complexity index is 389. The first-order chi connectivity index (χ1) is 7.56. The molecule has 0 aromatic heterocycles. The lowest BCUT2D eigenvalue weighted by atomic mass is 9.92. The molecule has 9 heteroatoms. The molecule has 0 aliphatic carbocycles. The monoisotopic (exact) mass is 275 g/mol. The van der Waals surface area contributed by atoms with Crippen LogP contribution in [0.4, 0.5) is 13.2 Å². The second-order valence-electron chi connectivity index (χ2n) is 4.01. The maximum atomic E-state index is 12.0. The van der Waals surface area contributed by atoms with E-state index in [4.69, 9.17) is 5.11 Å². The molecular formula is C8H12F3NO4S. The third-order valence-electron chi connectivity index (χ3n) is 2.72. The SMILES string of the molecule is O=C(O)C1(NCC(F)(F)F)CCS(=O)(=O)CC1. The number of nitrogens with one attached hydrogen (secondary N) is 1. The fraction of sp³-hybridized carbons (Fsp3) is 0.875. The van der Waals surface area contributed by atoms with Crippen molar-refractivity contribution in [1.82, 2.24) is 5.32 Å². The van der Waals surface area contributed by atoms with Gasteiger partial charge >= 0.3 is 12.1 Å². The van der Waals surface area contributed by atoms with Gasteiger partial charge in [-0.25, -0.2) is 8.42 Å². The molecule has 5 nitrogen and oxygen atoms in total. The van der Waals surface area contributed by atoms with Gasteiger partial charge in [-0.05, 0) is 12.8 Å². The van der Waals surface area contributed by atoms with Gasteiger partial charge in [-0.2, -0.15) is 13.2 Å². The Morgan fingerprint density at radius 2 is 1.76 bits per heavy atom. The van der Waals surface area contributed by atoms with Crippen LogP contribution in [-0.2, 0) is 14.6 Å². The number of hydrogen-bond acceptors (Lipinski definition) is 4. The molecule has 100 valence electrons. The van der Waals surface area contributed by atoms with Crippen LogP contribution in [0.25, 0.3) is 0 Å². The van der Waals surface area contributed by atoms with Gasteiger partial charge in [0.25, 0.3) is 0 Å². The quantitative estimate of drug-likeness (QED) is 0.767. The number of hydrogen-bond donors (Lipinski definition) is 2. The van der Waals surface area contributed by atoms with E-state index >= 15 is 0 Å². The summed E-state index contributed by atoms with van der Waals surface area (Å²) in [5.41, 5.74) is -1.79. The molecule has 1 heterocycles. The second kappa shape index (κ2) is 4.45. The van der Waals surface area contributed by atoms with E-state index in [1.54, 1.807) is 0 Å². The molecule has 1 aliphatic rings. The summed E-state index contributed by atoms with van der Waals surface area (Å²) in [5, 5.41) is 10.9. The summed E-state index contributed by atoms with van der Waals surface area (Å²) in [6.45, 7) is -1.45. The molecule has 0 spiro atoms. The molecule has 17 heavy (non-hydrogen) atoms. The van der Waals surface area contributed by atoms with E-state index in [0.717, 1.165) is 0 Å². The van der Waals surface area contributed by atoms with Crippen molar-refractivity contribution in [3.8, 4) is 0 Å². The van der Waals surface area contributed by atoms with Gasteiger partial charge in [-0.15, -0.1) is 0 Å². The van der Waals surface area contributed by atoms with E-state index in [1.165, 1.54) is 0 Å². The van der Waals surface area contributed by atoms with Crippen LogP contribution in [0.1, 0.15) is 12.8 Å². The lowest BCUT2D eigenvalue weighted by Gasteiger charge is -2.34. The number of aliphatic carboxylic acids is 1. The summed E-state index contributed by atoms with van der Waals surface area (Å²) < 4.78 is 58.3. The van der Waals surface area contributed by atoms with Gasteiger partial charge in [0.15, 0.2) is 0 Å². The van der Waals surface area contributed by atoms with Crippen molar-refractivity contribution < 1.29 is 31.5 Å². The molecule has 1 saturated heterocycles. The van der Waals surface area contributed by atoms with Gasteiger partial charge in [0.1, 0.15) is 15.4 Å². The molecule has 1 fully saturated rings. The summed E-state index contributed by atoms with van der Waals surface area (Å²) in [6.07, 6.45) is -5.22. The van der Waals surface area contributed by atoms with Crippen LogP contribution in [0.15, 0.2) is 0 Å². The van der Waals surface area contributed by atoms with Gasteiger partial charge in [-0.3, -0.25) is 10.1 Å². The maximum Gasteiger partial charge on any atom is 0.401 e. The van der Waals surface area contributed by atoms with Gasteiger partial charge in [0.05, 0.1) is 18.1 Å². The van der Waals surface area contributed by atoms with Crippen molar-refractivity contribution in [3.63, 3.8) is 0 Å². The van der Waals surface area contributed by atoms with Gasteiger partial charge < -0.3 is 5.11 Å². The summed E-state index contributed by atoms with van der Waals surface area (Å²) in [6, 6.07) is 0. The Balaban J connectivity index is 2.76. The molecule has 0 atom stereocenters. The molecule has 0 aromatic rings. The maximum absolute atomic E-state index is 12.0. The summed E-state index contributed by atoms with van der Waals surface area (Å²) in [7, 11) is -3.33. The predicted octanol–water partition coefficient (Wildman–Crippen LogP) is 0.170. The fourth-order valence-corrected chi connectivity index (χ4v) is 3.15. The van der Waals surface area contributed by atoms with Crippen molar-refractivity contribution in [2.24, 2.45) is 0 Å². The van der Waals surface area contributed by atoms with Crippen molar-refractivity contribution in [3.05, 3.63) is 0 Å². The predicted molar refractivity (Wildman–Crippen MR) is 52.3 cm³/mol. The third kappa shape index (κ3) is 3.84. The van der Waals surface area contributed by atoms with Crippen LogP contribution in [0.5, 0.6) is 0 Å². The zero-order chi connectivity index (χ0) is 13.3. The van der Waals surface area contributed by atoms with Crippen molar-refractivity contribution in [2.45, 2.75) is 24.6 Å². The van der Waals surface area contributed by atoms with Gasteiger partial charge in [0, 0.05) is 0 Å². The number of halogens is 3. The summed E-state index contributed by atoms with van der Waals surface area (Å²) >= 11 is 0. The molecule has 1 rings (SSSR count). The van der Waals surface area contributed by atoms with Crippen LogP contribution in [0.2, 0.25) is 0 Å². The lowest BCUT2D eigenvalue weighted by molar-refractivity contribution is -0.150. The van der Waals surface area contributed by atoms with Crippen LogP contribution < -0.4 is 5.32 Å². The van der Waals surface area contributed by atoms with Gasteiger partial charge in [-0.1, -0.05) is 0 Å². The highest BCUT2D eigenvalue weighted by Crippen LogP contribution is 2.25. The van der Waals surface area contributed by atoms with Crippen LogP contribution in [-0.4, -0.2) is 49.3 Å². The minimum atomic E-state index is -4.53. The molecule has 0 unspecified atom stereocenters. The second-order valence-corrected chi connectivity index (χ2v) is 6.31. The first kappa shape index (κ1) is 14.2. The Labute approximate surface area is 95.9 Å². The van der Waals surface area contributed by atoms with E-state index < -0.39 is 45.6 Å². The van der Waals surface area contributed by atoms with Crippen molar-refractivity contribution in [2.75, 3.05) is 18.1 Å². The van der Waals surface area contributed by atoms with Crippen molar-refractivity contribution in [1.29, 1.82) is 0 Å². The van der Waals surface area contributed by atoms with E-state index in [-0.39, 0.29) is 12.8 Å². The van der Waals surface area contributed by atoms with Crippen LogP contribution in [0.3, 0.4) is 0 Å². The molecule has 0 amide bonds. The fourth-order valence-electron chi connectivity index (χ4n) is 1.62. The molecule has 0 saturated carbocycles. The van der Waals surface area contributed by atoms with E-state index in [0.29, 0.717) is 0 Å². The largest absolute Gasteiger partial charge is 0.480 e. The average molecular weight is 275 g/mol. The smallest absolute Gasteiger partial charge is 0.401 e. The molecule has 0 radical (unpaired) electrons. The molecular weight excluding hydrogens is 263 g/mol. The zero-order valence-corrected chi connectivity index (χ0v) is 9.57. The zero-order valence-electron chi connectivity index (χ0n) is 8.75. The first-order valence-corrected chi connectivity index (χ1v) is 6.64. The van der Waals surface area contributed by atoms with Crippen LogP contribution >= 0.6 is 0 Å². The number of sulfone groups is 1. The number of alkyl halides is 3. The minimum absolute atomic E-state index is 0.346. The first-order valence-electron chi connectivity index (χ1n) is 4.82. The molecule has 0 bridgehead atoms. The summed E-state index contributed by atoms with van der Waals surface area (Å²) in [4.78, 5) is 11.0. The van der Waals surface area contributed by atoms with Gasteiger partial charge in [0.2, 0.25) is 0 Å². The number of rotatable bonds is 3. The Hall–Kier alpha value is -0.830. The third-order valence-corrected chi connectivity index (χ3v) is 4.37. The molecule has 1 aliphatic heterocycles. The van der Waals surface area contributed by atoms with E-state index in [2.05, 4.69) is 0 Å². The van der Waals surface area contributed by atoms with E-state index in [9.17, 15) is 26.4 Å². The molecule has 0 aromatic carbocycles. The number of carboxylic acid groups (broad SMARTS) is 1. The highest BCUT2D eigenvalue weighted by Gasteiger charge is 2.45. The number of carbonyl (C=O) groups is 1. The molecule has 2 N–H and O–H groups in total. The Morgan fingerprint density at radius 1 is 1.29 bits per heavy atom. The lowest BCUT2D eigenvalue weighted by Crippen LogP contribution is -2.58. The Morgan fingerprint density at radius 3 is 2.12 bits per heavy atom. The highest BCUT2D eigenvalue weighted by molar-refractivity contribution is 7.91. The standard InChI is InChI=1S/C8H12F3NO4S/c9-8(10,11)5-12-7(6(13)14)1-3-17(15,16)4-2-7/h12H,1-5H2,(H,13,14). The number of carboxylic acids is 1. The minimum Gasteiger partial charge on any atom is -0.480 e. The normalized spacial score (nSPS) is 23.2.